The van der Waals surface area contributed by atoms with Gasteiger partial charge in [-0.1, -0.05) is 36.4 Å². The van der Waals surface area contributed by atoms with E-state index < -0.39 is 0 Å². The Morgan fingerprint density at radius 2 is 1.37 bits per heavy atom. The number of fused-ring (bicyclic) bond motifs is 2. The van der Waals surface area contributed by atoms with Crippen LogP contribution < -0.4 is 16.8 Å². The highest BCUT2D eigenvalue weighted by molar-refractivity contribution is 6.16. The lowest BCUT2D eigenvalue weighted by Gasteiger charge is -2.22. The van der Waals surface area contributed by atoms with Gasteiger partial charge in [-0.05, 0) is 70.5 Å². The zero-order valence-corrected chi connectivity index (χ0v) is 17.6. The molecule has 3 rings (SSSR count). The van der Waals surface area contributed by atoms with Crippen molar-refractivity contribution in [3.8, 4) is 0 Å². The zero-order chi connectivity index (χ0) is 21.2. The number of carbonyl (C=O) groups is 1. The van der Waals surface area contributed by atoms with Gasteiger partial charge in [-0.2, -0.15) is 0 Å². The number of para-hydroxylation sites is 2. The second kappa shape index (κ2) is 11.6. The first kappa shape index (κ1) is 22.2. The van der Waals surface area contributed by atoms with E-state index in [1.807, 2.05) is 48.5 Å². The van der Waals surface area contributed by atoms with Crippen molar-refractivity contribution in [3.63, 3.8) is 0 Å². The lowest BCUT2D eigenvalue weighted by atomic mass is 10.0. The van der Waals surface area contributed by atoms with Crippen molar-refractivity contribution in [2.75, 3.05) is 39.3 Å². The first-order valence-electron chi connectivity index (χ1n) is 10.9. The number of carbonyl (C=O) groups excluding carboxylic acids is 1. The third-order valence-corrected chi connectivity index (χ3v) is 5.36. The van der Waals surface area contributed by atoms with Gasteiger partial charge < -0.3 is 21.7 Å². The minimum atomic E-state index is -0.0403. The summed E-state index contributed by atoms with van der Waals surface area (Å²) in [4.78, 5) is 20.2. The second-order valence-corrected chi connectivity index (χ2v) is 7.61. The number of benzene rings is 2. The van der Waals surface area contributed by atoms with Gasteiger partial charge in [-0.3, -0.25) is 4.79 Å². The molecule has 30 heavy (non-hydrogen) atoms. The third-order valence-electron chi connectivity index (χ3n) is 5.36. The lowest BCUT2D eigenvalue weighted by molar-refractivity contribution is 0.0954. The van der Waals surface area contributed by atoms with E-state index in [2.05, 4.69) is 10.2 Å². The van der Waals surface area contributed by atoms with Crippen molar-refractivity contribution >= 4 is 27.7 Å². The number of hydrogen-bond acceptors (Lipinski definition) is 5. The first-order chi connectivity index (χ1) is 14.7. The van der Waals surface area contributed by atoms with Gasteiger partial charge in [0.15, 0.2) is 0 Å². The monoisotopic (exact) mass is 407 g/mol. The molecule has 1 heterocycles. The zero-order valence-electron chi connectivity index (χ0n) is 17.6. The van der Waals surface area contributed by atoms with Crippen molar-refractivity contribution in [2.45, 2.75) is 25.7 Å². The van der Waals surface area contributed by atoms with Gasteiger partial charge in [0.05, 0.1) is 16.6 Å². The van der Waals surface area contributed by atoms with E-state index in [1.54, 1.807) is 0 Å². The number of hydrogen-bond donors (Lipinski definition) is 3. The average molecular weight is 408 g/mol. The minimum absolute atomic E-state index is 0.0403. The molecule has 0 aliphatic heterocycles. The van der Waals surface area contributed by atoms with Crippen molar-refractivity contribution in [1.29, 1.82) is 0 Å². The normalized spacial score (nSPS) is 11.4. The Bertz CT molecular complexity index is 905. The van der Waals surface area contributed by atoms with E-state index in [-0.39, 0.29) is 5.91 Å². The molecule has 0 radical (unpaired) electrons. The third kappa shape index (κ3) is 5.75. The number of nitrogens with two attached hydrogens (primary N) is 2. The van der Waals surface area contributed by atoms with E-state index in [0.717, 1.165) is 73.7 Å². The Kier molecular flexibility index (Phi) is 8.56. The summed E-state index contributed by atoms with van der Waals surface area (Å²) >= 11 is 0. The quantitative estimate of drug-likeness (QED) is 0.317. The van der Waals surface area contributed by atoms with Crippen LogP contribution in [0.4, 0.5) is 0 Å². The van der Waals surface area contributed by atoms with Crippen molar-refractivity contribution in [3.05, 3.63) is 54.1 Å². The Balaban J connectivity index is 1.65. The molecule has 0 aliphatic rings. The van der Waals surface area contributed by atoms with Crippen LogP contribution in [0.5, 0.6) is 0 Å². The molecule has 0 fully saturated rings. The maximum absolute atomic E-state index is 13.1. The fourth-order valence-electron chi connectivity index (χ4n) is 3.81. The summed E-state index contributed by atoms with van der Waals surface area (Å²) in [5, 5.41) is 4.90. The molecule has 0 saturated heterocycles. The highest BCUT2D eigenvalue weighted by atomic mass is 16.1. The largest absolute Gasteiger partial charge is 0.352 e. The fourth-order valence-corrected chi connectivity index (χ4v) is 3.81. The topological polar surface area (TPSA) is 97.3 Å². The van der Waals surface area contributed by atoms with Crippen molar-refractivity contribution in [2.24, 2.45) is 11.5 Å². The summed E-state index contributed by atoms with van der Waals surface area (Å²) in [6.07, 6.45) is 4.03. The summed E-state index contributed by atoms with van der Waals surface area (Å²) in [6, 6.07) is 15.6. The Morgan fingerprint density at radius 1 is 0.800 bits per heavy atom. The molecule has 5 N–H and O–H groups in total. The Hall–Kier alpha value is -2.54. The van der Waals surface area contributed by atoms with Crippen LogP contribution in [0.3, 0.4) is 0 Å². The van der Waals surface area contributed by atoms with Crippen molar-refractivity contribution in [1.82, 2.24) is 15.2 Å². The van der Waals surface area contributed by atoms with Gasteiger partial charge in [0, 0.05) is 17.3 Å². The number of pyridine rings is 1. The average Bonchev–Trinajstić information content (AvgIpc) is 2.78. The highest BCUT2D eigenvalue weighted by Gasteiger charge is 2.15. The molecule has 0 spiro atoms. The maximum atomic E-state index is 13.1. The van der Waals surface area contributed by atoms with Crippen LogP contribution >= 0.6 is 0 Å². The minimum Gasteiger partial charge on any atom is -0.352 e. The van der Waals surface area contributed by atoms with E-state index in [0.29, 0.717) is 18.7 Å². The molecular formula is C24H33N5O. The second-order valence-electron chi connectivity index (χ2n) is 7.61. The van der Waals surface area contributed by atoms with Crippen LogP contribution in [0.2, 0.25) is 0 Å². The highest BCUT2D eigenvalue weighted by Crippen LogP contribution is 2.25. The molecule has 1 amide bonds. The number of amides is 1. The van der Waals surface area contributed by atoms with E-state index >= 15 is 0 Å². The van der Waals surface area contributed by atoms with Crippen LogP contribution in [-0.4, -0.2) is 55.1 Å². The van der Waals surface area contributed by atoms with Gasteiger partial charge in [-0.25, -0.2) is 4.98 Å². The molecule has 1 aromatic heterocycles. The number of unbranched alkanes of at least 4 members (excludes halogenated alkanes) is 1. The standard InChI is InChI=1S/C24H33N5O/c25-13-5-6-16-29(17-7-14-26)18-8-15-27-24(30)23-19-9-1-3-11-21(19)28-22-12-4-2-10-20(22)23/h1-4,9-12H,5-8,13-18,25-26H2,(H,27,30). The van der Waals surface area contributed by atoms with Crippen LogP contribution in [0.25, 0.3) is 21.8 Å². The predicted octanol–water partition coefficient (Wildman–Crippen LogP) is 2.90. The maximum Gasteiger partial charge on any atom is 0.252 e. The SMILES string of the molecule is NCCCCN(CCCN)CCCNC(=O)c1c2ccccc2nc2ccccc12. The molecule has 0 bridgehead atoms. The molecule has 3 aromatic rings. The summed E-state index contributed by atoms with van der Waals surface area (Å²) in [6.45, 7) is 5.04. The van der Waals surface area contributed by atoms with E-state index in [4.69, 9.17) is 16.5 Å². The number of rotatable bonds is 12. The Labute approximate surface area is 178 Å². The molecular weight excluding hydrogens is 374 g/mol. The van der Waals surface area contributed by atoms with E-state index in [9.17, 15) is 4.79 Å². The van der Waals surface area contributed by atoms with Gasteiger partial charge in [-0.15, -0.1) is 0 Å². The summed E-state index contributed by atoms with van der Waals surface area (Å²) in [7, 11) is 0. The van der Waals surface area contributed by atoms with Gasteiger partial charge in [0.1, 0.15) is 0 Å². The number of nitrogens with one attached hydrogen (secondary N) is 1. The van der Waals surface area contributed by atoms with E-state index in [1.165, 1.54) is 0 Å². The van der Waals surface area contributed by atoms with Gasteiger partial charge in [0.25, 0.3) is 5.91 Å². The molecule has 0 unspecified atom stereocenters. The lowest BCUT2D eigenvalue weighted by Crippen LogP contribution is -2.32. The summed E-state index contributed by atoms with van der Waals surface area (Å²) < 4.78 is 0. The van der Waals surface area contributed by atoms with Gasteiger partial charge in [0.2, 0.25) is 0 Å². The molecule has 2 aromatic carbocycles. The molecule has 0 saturated carbocycles. The molecule has 0 atom stereocenters. The molecule has 6 heteroatoms. The van der Waals surface area contributed by atoms with Crippen molar-refractivity contribution < 1.29 is 4.79 Å². The predicted molar refractivity (Wildman–Crippen MR) is 125 cm³/mol. The van der Waals surface area contributed by atoms with Gasteiger partial charge >= 0.3 is 0 Å². The number of aromatic nitrogens is 1. The van der Waals surface area contributed by atoms with Crippen LogP contribution in [0.1, 0.15) is 36.0 Å². The molecule has 0 aliphatic carbocycles. The van der Waals surface area contributed by atoms with Crippen LogP contribution in [-0.2, 0) is 0 Å². The number of nitrogens with zero attached hydrogens (tertiary/aromatic N) is 2. The fraction of sp³-hybridized carbons (Fsp3) is 0.417. The van der Waals surface area contributed by atoms with Crippen LogP contribution in [0, 0.1) is 0 Å². The first-order valence-corrected chi connectivity index (χ1v) is 10.9. The molecule has 6 nitrogen and oxygen atoms in total. The molecule has 160 valence electrons. The van der Waals surface area contributed by atoms with Crippen LogP contribution in [0.15, 0.2) is 48.5 Å². The summed E-state index contributed by atoms with van der Waals surface area (Å²) in [5.41, 5.74) is 13.7. The Morgan fingerprint density at radius 3 is 2.00 bits per heavy atom. The summed E-state index contributed by atoms with van der Waals surface area (Å²) in [5.74, 6) is -0.0403. The smallest absolute Gasteiger partial charge is 0.252 e.